The molecule has 0 aliphatic heterocycles. The topological polar surface area (TPSA) is 29.5 Å². The van der Waals surface area contributed by atoms with Gasteiger partial charge in [0.2, 0.25) is 0 Å². The maximum Gasteiger partial charge on any atom is 0.119 e. The number of rotatable bonds is 4. The minimum atomic E-state index is -0.625. The second-order valence-electron chi connectivity index (χ2n) is 4.75. The van der Waals surface area contributed by atoms with Gasteiger partial charge in [0.05, 0.1) is 0 Å². The average molecular weight is 264 g/mol. The third-order valence-electron chi connectivity index (χ3n) is 3.31. The first-order valence-electron chi connectivity index (χ1n) is 6.67. The largest absolute Gasteiger partial charge is 0.491 e. The van der Waals surface area contributed by atoms with Crippen LogP contribution in [0, 0.1) is 0 Å². The van der Waals surface area contributed by atoms with Gasteiger partial charge in [-0.2, -0.15) is 0 Å². The van der Waals surface area contributed by atoms with Crippen molar-refractivity contribution in [2.24, 2.45) is 0 Å². The van der Waals surface area contributed by atoms with Crippen LogP contribution in [0.15, 0.2) is 72.8 Å². The van der Waals surface area contributed by atoms with Crippen molar-refractivity contribution in [2.75, 3.05) is 6.61 Å². The number of aliphatic hydroxyl groups is 1. The van der Waals surface area contributed by atoms with Crippen molar-refractivity contribution in [2.45, 2.75) is 6.10 Å². The van der Waals surface area contributed by atoms with Crippen LogP contribution in [0.4, 0.5) is 0 Å². The van der Waals surface area contributed by atoms with Crippen LogP contribution >= 0.6 is 0 Å². The molecule has 0 bridgehead atoms. The Hall–Kier alpha value is -2.32. The molecule has 20 heavy (non-hydrogen) atoms. The lowest BCUT2D eigenvalue weighted by Gasteiger charge is -2.13. The molecule has 0 saturated heterocycles. The van der Waals surface area contributed by atoms with E-state index < -0.39 is 6.10 Å². The SMILES string of the molecule is OC(COc1ccccc1)c1ccc2ccccc2c1. The van der Waals surface area contributed by atoms with Crippen molar-refractivity contribution in [3.63, 3.8) is 0 Å². The molecule has 0 aliphatic rings. The molecule has 1 unspecified atom stereocenters. The number of hydrogen-bond acceptors (Lipinski definition) is 2. The Morgan fingerprint density at radius 2 is 1.50 bits per heavy atom. The maximum absolute atomic E-state index is 10.2. The molecule has 2 nitrogen and oxygen atoms in total. The Morgan fingerprint density at radius 3 is 2.30 bits per heavy atom. The molecule has 0 heterocycles. The molecule has 0 saturated carbocycles. The zero-order valence-corrected chi connectivity index (χ0v) is 11.1. The van der Waals surface area contributed by atoms with Gasteiger partial charge < -0.3 is 9.84 Å². The van der Waals surface area contributed by atoms with Crippen LogP contribution in [0.1, 0.15) is 11.7 Å². The molecule has 1 atom stereocenters. The van der Waals surface area contributed by atoms with Gasteiger partial charge in [-0.05, 0) is 34.5 Å². The van der Waals surface area contributed by atoms with Gasteiger partial charge in [-0.1, -0.05) is 54.6 Å². The summed E-state index contributed by atoms with van der Waals surface area (Å²) in [6.45, 7) is 0.252. The van der Waals surface area contributed by atoms with Gasteiger partial charge in [-0.15, -0.1) is 0 Å². The fourth-order valence-electron chi connectivity index (χ4n) is 2.20. The van der Waals surface area contributed by atoms with Crippen molar-refractivity contribution in [1.82, 2.24) is 0 Å². The Kier molecular flexibility index (Phi) is 3.66. The summed E-state index contributed by atoms with van der Waals surface area (Å²) in [4.78, 5) is 0. The molecule has 0 aromatic heterocycles. The third kappa shape index (κ3) is 2.81. The number of ether oxygens (including phenoxy) is 1. The molecule has 0 radical (unpaired) electrons. The second kappa shape index (κ2) is 5.76. The first-order chi connectivity index (χ1) is 9.83. The molecule has 100 valence electrons. The van der Waals surface area contributed by atoms with Crippen LogP contribution < -0.4 is 4.74 Å². The normalized spacial score (nSPS) is 12.2. The van der Waals surface area contributed by atoms with Crippen LogP contribution in [-0.4, -0.2) is 11.7 Å². The van der Waals surface area contributed by atoms with Gasteiger partial charge in [-0.3, -0.25) is 0 Å². The van der Waals surface area contributed by atoms with Gasteiger partial charge in [0.25, 0.3) is 0 Å². The van der Waals surface area contributed by atoms with Crippen molar-refractivity contribution in [3.8, 4) is 5.75 Å². The Labute approximate surface area is 118 Å². The minimum Gasteiger partial charge on any atom is -0.491 e. The number of hydrogen-bond donors (Lipinski definition) is 1. The lowest BCUT2D eigenvalue weighted by atomic mass is 10.0. The molecule has 0 spiro atoms. The molecule has 0 amide bonds. The van der Waals surface area contributed by atoms with Crippen LogP contribution in [0.25, 0.3) is 10.8 Å². The van der Waals surface area contributed by atoms with Gasteiger partial charge in [-0.25, -0.2) is 0 Å². The Bertz CT molecular complexity index is 692. The maximum atomic E-state index is 10.2. The van der Waals surface area contributed by atoms with Crippen molar-refractivity contribution in [1.29, 1.82) is 0 Å². The highest BCUT2D eigenvalue weighted by Gasteiger charge is 2.09. The summed E-state index contributed by atoms with van der Waals surface area (Å²) in [5.74, 6) is 0.771. The molecule has 3 aromatic rings. The van der Waals surface area contributed by atoms with Crippen LogP contribution in [0.3, 0.4) is 0 Å². The first-order valence-corrected chi connectivity index (χ1v) is 6.67. The summed E-state index contributed by atoms with van der Waals surface area (Å²) in [7, 11) is 0. The van der Waals surface area contributed by atoms with Crippen LogP contribution in [0.5, 0.6) is 5.75 Å². The molecule has 3 aromatic carbocycles. The fraction of sp³-hybridized carbons (Fsp3) is 0.111. The Morgan fingerprint density at radius 1 is 0.800 bits per heavy atom. The van der Waals surface area contributed by atoms with E-state index in [-0.39, 0.29) is 6.61 Å². The molecule has 3 rings (SSSR count). The quantitative estimate of drug-likeness (QED) is 0.773. The Balaban J connectivity index is 1.73. The second-order valence-corrected chi connectivity index (χ2v) is 4.75. The zero-order chi connectivity index (χ0) is 13.8. The lowest BCUT2D eigenvalue weighted by molar-refractivity contribution is 0.108. The van der Waals surface area contributed by atoms with E-state index in [0.717, 1.165) is 16.7 Å². The highest BCUT2D eigenvalue weighted by Crippen LogP contribution is 2.21. The fourth-order valence-corrected chi connectivity index (χ4v) is 2.20. The predicted octanol–water partition coefficient (Wildman–Crippen LogP) is 3.95. The number of para-hydroxylation sites is 1. The summed E-state index contributed by atoms with van der Waals surface area (Å²) >= 11 is 0. The summed E-state index contributed by atoms with van der Waals surface area (Å²) < 4.78 is 5.58. The van der Waals surface area contributed by atoms with E-state index in [1.165, 1.54) is 5.39 Å². The molecule has 1 N–H and O–H groups in total. The van der Waals surface area contributed by atoms with Crippen molar-refractivity contribution >= 4 is 10.8 Å². The lowest BCUT2D eigenvalue weighted by Crippen LogP contribution is -2.09. The minimum absolute atomic E-state index is 0.252. The number of fused-ring (bicyclic) bond motifs is 1. The molecule has 0 aliphatic carbocycles. The van der Waals surface area contributed by atoms with Crippen molar-refractivity contribution < 1.29 is 9.84 Å². The smallest absolute Gasteiger partial charge is 0.119 e. The standard InChI is InChI=1S/C18H16O2/c19-18(13-20-17-8-2-1-3-9-17)16-11-10-14-6-4-5-7-15(14)12-16/h1-12,18-19H,13H2. The molecule has 2 heteroatoms. The molecular formula is C18H16O2. The molecule has 0 fully saturated rings. The van der Waals surface area contributed by atoms with Crippen molar-refractivity contribution in [3.05, 3.63) is 78.4 Å². The van der Waals surface area contributed by atoms with E-state index in [1.807, 2.05) is 66.7 Å². The van der Waals surface area contributed by atoms with E-state index in [0.29, 0.717) is 0 Å². The van der Waals surface area contributed by atoms with E-state index in [4.69, 9.17) is 4.74 Å². The number of aliphatic hydroxyl groups excluding tert-OH is 1. The summed E-state index contributed by atoms with van der Waals surface area (Å²) in [5, 5.41) is 12.5. The van der Waals surface area contributed by atoms with E-state index in [2.05, 4.69) is 6.07 Å². The predicted molar refractivity (Wildman–Crippen MR) is 80.8 cm³/mol. The third-order valence-corrected chi connectivity index (χ3v) is 3.31. The van der Waals surface area contributed by atoms with Gasteiger partial charge in [0, 0.05) is 0 Å². The summed E-state index contributed by atoms with van der Waals surface area (Å²) in [6.07, 6.45) is -0.625. The average Bonchev–Trinajstić information content (AvgIpc) is 2.53. The summed E-state index contributed by atoms with van der Waals surface area (Å²) in [6, 6.07) is 23.6. The number of benzene rings is 3. The highest BCUT2D eigenvalue weighted by molar-refractivity contribution is 5.83. The van der Waals surface area contributed by atoms with Crippen LogP contribution in [-0.2, 0) is 0 Å². The highest BCUT2D eigenvalue weighted by atomic mass is 16.5. The monoisotopic (exact) mass is 264 g/mol. The van der Waals surface area contributed by atoms with Gasteiger partial charge in [0.15, 0.2) is 0 Å². The van der Waals surface area contributed by atoms with Crippen LogP contribution in [0.2, 0.25) is 0 Å². The van der Waals surface area contributed by atoms with E-state index in [9.17, 15) is 5.11 Å². The van der Waals surface area contributed by atoms with Gasteiger partial charge >= 0.3 is 0 Å². The van der Waals surface area contributed by atoms with Gasteiger partial charge in [0.1, 0.15) is 18.5 Å². The zero-order valence-electron chi connectivity index (χ0n) is 11.1. The molecular weight excluding hydrogens is 248 g/mol. The summed E-state index contributed by atoms with van der Waals surface area (Å²) in [5.41, 5.74) is 0.875. The van der Waals surface area contributed by atoms with E-state index in [1.54, 1.807) is 0 Å². The first kappa shape index (κ1) is 12.7. The van der Waals surface area contributed by atoms with E-state index >= 15 is 0 Å².